The van der Waals surface area contributed by atoms with Crippen molar-refractivity contribution in [2.75, 3.05) is 7.05 Å². The normalized spacial score (nSPS) is 18.8. The minimum atomic E-state index is -0.0152. The van der Waals surface area contributed by atoms with Gasteiger partial charge in [-0.25, -0.2) is 0 Å². The van der Waals surface area contributed by atoms with Gasteiger partial charge in [-0.3, -0.25) is 9.79 Å². The number of carbonyl (C=O) groups excluding carboxylic acids is 1. The minimum Gasteiger partial charge on any atom is -0.508 e. The molecule has 1 unspecified atom stereocenters. The first-order valence-electron chi connectivity index (χ1n) is 12.0. The highest BCUT2D eigenvalue weighted by Crippen LogP contribution is 2.38. The molecule has 0 aliphatic heterocycles. The zero-order valence-corrected chi connectivity index (χ0v) is 22.1. The van der Waals surface area contributed by atoms with Crippen LogP contribution in [0.15, 0.2) is 47.5 Å². The van der Waals surface area contributed by atoms with E-state index in [-0.39, 0.29) is 29.2 Å². The lowest BCUT2D eigenvalue weighted by Crippen LogP contribution is -2.46. The van der Waals surface area contributed by atoms with Crippen LogP contribution in [0.3, 0.4) is 0 Å². The lowest BCUT2D eigenvalue weighted by Gasteiger charge is -2.34. The van der Waals surface area contributed by atoms with E-state index in [4.69, 9.17) is 5.73 Å². The summed E-state index contributed by atoms with van der Waals surface area (Å²) in [5.41, 5.74) is 6.81. The van der Waals surface area contributed by atoms with E-state index in [2.05, 4.69) is 28.2 Å². The number of guanidine groups is 1. The van der Waals surface area contributed by atoms with E-state index in [9.17, 15) is 15.0 Å². The molecule has 3 aromatic rings. The van der Waals surface area contributed by atoms with Crippen molar-refractivity contribution in [3.8, 4) is 33.1 Å². The second-order valence-corrected chi connectivity index (χ2v) is 11.3. The Labute approximate surface area is 219 Å². The number of nitrogens with one attached hydrogen (secondary N) is 1. The number of phenols is 2. The van der Waals surface area contributed by atoms with Crippen molar-refractivity contribution in [2.24, 2.45) is 22.6 Å². The number of aromatic hydroxyl groups is 2. The zero-order chi connectivity index (χ0) is 25.7. The number of nitrogens with zero attached hydrogens (tertiary/aromatic N) is 1. The summed E-state index contributed by atoms with van der Waals surface area (Å²) in [6.07, 6.45) is 3.99. The van der Waals surface area contributed by atoms with Gasteiger partial charge in [0.1, 0.15) is 11.5 Å². The molecule has 1 fully saturated rings. The van der Waals surface area contributed by atoms with E-state index in [0.717, 1.165) is 50.8 Å². The highest BCUT2D eigenvalue weighted by Gasteiger charge is 2.32. The molecule has 8 heteroatoms. The summed E-state index contributed by atoms with van der Waals surface area (Å²) in [6, 6.07) is 12.7. The topological polar surface area (TPSA) is 108 Å². The Bertz CT molecular complexity index is 1290. The number of carbonyl (C=O) groups is 1. The molecule has 188 valence electrons. The molecule has 4 rings (SSSR count). The van der Waals surface area contributed by atoms with Gasteiger partial charge in [-0.1, -0.05) is 5.92 Å². The molecule has 2 aromatic heterocycles. The predicted molar refractivity (Wildman–Crippen MR) is 148 cm³/mol. The number of Topliss-reactive ketones (excluding diaryl/α,β-unsaturated/α-hetero) is 1. The third-order valence-electron chi connectivity index (χ3n) is 6.65. The lowest BCUT2D eigenvalue weighted by molar-refractivity contribution is 0.0867. The maximum atomic E-state index is 13.3. The molecule has 0 saturated heterocycles. The molecular formula is C28H31N3O3S2. The quantitative estimate of drug-likeness (QED) is 0.144. The monoisotopic (exact) mass is 521 g/mol. The number of hydrogen-bond acceptors (Lipinski definition) is 6. The van der Waals surface area contributed by atoms with Crippen LogP contribution in [0.4, 0.5) is 0 Å². The van der Waals surface area contributed by atoms with Gasteiger partial charge in [-0.2, -0.15) is 0 Å². The first kappa shape index (κ1) is 25.8. The largest absolute Gasteiger partial charge is 0.508 e. The summed E-state index contributed by atoms with van der Waals surface area (Å²) in [6.45, 7) is 1.83. The Balaban J connectivity index is 1.41. The second kappa shape index (κ2) is 11.6. The van der Waals surface area contributed by atoms with Gasteiger partial charge in [0, 0.05) is 34.8 Å². The number of thiophene rings is 2. The van der Waals surface area contributed by atoms with Crippen LogP contribution < -0.4 is 11.1 Å². The Kier molecular flexibility index (Phi) is 8.34. The summed E-state index contributed by atoms with van der Waals surface area (Å²) in [7, 11) is 1.64. The molecular weight excluding hydrogens is 490 g/mol. The Morgan fingerprint density at radius 2 is 1.75 bits per heavy atom. The highest BCUT2D eigenvalue weighted by molar-refractivity contribution is 7.23. The van der Waals surface area contributed by atoms with Gasteiger partial charge in [-0.05, 0) is 86.9 Å². The van der Waals surface area contributed by atoms with Crippen molar-refractivity contribution in [1.29, 1.82) is 0 Å². The summed E-state index contributed by atoms with van der Waals surface area (Å²) in [5, 5.41) is 23.1. The van der Waals surface area contributed by atoms with Crippen LogP contribution in [0, 0.1) is 23.7 Å². The molecule has 0 spiro atoms. The van der Waals surface area contributed by atoms with Gasteiger partial charge >= 0.3 is 0 Å². The number of nitrogens with two attached hydrogens (primary N) is 1. The second-order valence-electron chi connectivity index (χ2n) is 9.10. The number of rotatable bonds is 7. The molecule has 1 aliphatic rings. The fourth-order valence-electron chi connectivity index (χ4n) is 4.87. The van der Waals surface area contributed by atoms with E-state index >= 15 is 0 Å². The van der Waals surface area contributed by atoms with Crippen LogP contribution >= 0.6 is 22.7 Å². The Morgan fingerprint density at radius 1 is 1.08 bits per heavy atom. The average Bonchev–Trinajstić information content (AvgIpc) is 3.53. The molecule has 0 bridgehead atoms. The first-order chi connectivity index (χ1) is 17.4. The van der Waals surface area contributed by atoms with Crippen molar-refractivity contribution in [1.82, 2.24) is 5.32 Å². The molecule has 1 aromatic carbocycles. The van der Waals surface area contributed by atoms with Crippen molar-refractivity contribution in [3.05, 3.63) is 57.8 Å². The molecule has 1 aliphatic carbocycles. The van der Waals surface area contributed by atoms with Gasteiger partial charge in [-0.15, -0.1) is 28.6 Å². The van der Waals surface area contributed by atoms with Crippen molar-refractivity contribution < 1.29 is 15.0 Å². The average molecular weight is 522 g/mol. The lowest BCUT2D eigenvalue weighted by atomic mass is 9.75. The molecule has 1 atom stereocenters. The minimum absolute atomic E-state index is 0.0141. The molecule has 0 radical (unpaired) electrons. The van der Waals surface area contributed by atoms with Crippen LogP contribution in [0.2, 0.25) is 0 Å². The molecule has 1 saturated carbocycles. The maximum Gasteiger partial charge on any atom is 0.188 e. The van der Waals surface area contributed by atoms with Gasteiger partial charge in [0.15, 0.2) is 11.7 Å². The van der Waals surface area contributed by atoms with E-state index in [1.165, 1.54) is 6.07 Å². The Hall–Kier alpha value is -3.28. The van der Waals surface area contributed by atoms with Crippen molar-refractivity contribution in [3.63, 3.8) is 0 Å². The third kappa shape index (κ3) is 6.28. The van der Waals surface area contributed by atoms with Crippen molar-refractivity contribution >= 4 is 34.4 Å². The fourth-order valence-corrected chi connectivity index (χ4v) is 6.89. The van der Waals surface area contributed by atoms with E-state index in [0.29, 0.717) is 18.3 Å². The van der Waals surface area contributed by atoms with Crippen molar-refractivity contribution in [2.45, 2.75) is 45.1 Å². The van der Waals surface area contributed by atoms with E-state index < -0.39 is 0 Å². The van der Waals surface area contributed by atoms with Crippen LogP contribution in [0.25, 0.3) is 9.75 Å². The smallest absolute Gasteiger partial charge is 0.188 e. The standard InChI is InChI=1S/C28H31N3O3S2/c1-3-4-22-9-10-24(35-22)25-11-12-26(36-25)27(34)19-7-5-18(6-8-19)23(31-28(29)30-2)15-17-13-20(32)16-21(33)14-17/h9-14,16,18-19,23,32-33H,5-8,15H2,1-2H3,(H3,29,30,31). The number of hydrogen-bond donors (Lipinski definition) is 4. The van der Waals surface area contributed by atoms with Crippen LogP contribution in [-0.2, 0) is 6.42 Å². The van der Waals surface area contributed by atoms with Crippen LogP contribution in [-0.4, -0.2) is 35.0 Å². The predicted octanol–water partition coefficient (Wildman–Crippen LogP) is 5.39. The fraction of sp³-hybridized carbons (Fsp3) is 0.357. The summed E-state index contributed by atoms with van der Waals surface area (Å²) in [5.74, 6) is 6.97. The number of aliphatic imine (C=N–C) groups is 1. The molecule has 36 heavy (non-hydrogen) atoms. The summed E-state index contributed by atoms with van der Waals surface area (Å²) in [4.78, 5) is 21.4. The van der Waals surface area contributed by atoms with Gasteiger partial charge in [0.25, 0.3) is 0 Å². The number of ketones is 1. The van der Waals surface area contributed by atoms with Gasteiger partial charge < -0.3 is 21.3 Å². The highest BCUT2D eigenvalue weighted by atomic mass is 32.1. The number of phenolic OH excluding ortho intramolecular Hbond substituents is 2. The first-order valence-corrected chi connectivity index (χ1v) is 13.7. The van der Waals surface area contributed by atoms with Crippen LogP contribution in [0.5, 0.6) is 11.5 Å². The number of benzene rings is 1. The molecule has 6 nitrogen and oxygen atoms in total. The summed E-state index contributed by atoms with van der Waals surface area (Å²) >= 11 is 3.21. The van der Waals surface area contributed by atoms with Crippen LogP contribution in [0.1, 0.15) is 52.7 Å². The molecule has 2 heterocycles. The third-order valence-corrected chi connectivity index (χ3v) is 8.95. The zero-order valence-electron chi connectivity index (χ0n) is 20.5. The molecule has 0 amide bonds. The van der Waals surface area contributed by atoms with Gasteiger partial charge in [0.2, 0.25) is 0 Å². The van der Waals surface area contributed by atoms with E-state index in [1.54, 1.807) is 41.9 Å². The SMILES string of the molecule is CC#Cc1ccc(-c2ccc(C(=O)C3CCC(C(Cc4cc(O)cc(O)c4)NC(N)=NC)CC3)s2)s1. The summed E-state index contributed by atoms with van der Waals surface area (Å²) < 4.78 is 0. The van der Waals surface area contributed by atoms with E-state index in [1.807, 2.05) is 25.1 Å². The maximum absolute atomic E-state index is 13.3. The van der Waals surface area contributed by atoms with Gasteiger partial charge in [0.05, 0.1) is 9.75 Å². The Morgan fingerprint density at radius 3 is 2.42 bits per heavy atom. The molecule has 5 N–H and O–H groups in total.